The van der Waals surface area contributed by atoms with E-state index in [1.54, 1.807) is 0 Å². The van der Waals surface area contributed by atoms with Crippen LogP contribution in [-0.4, -0.2) is 17.3 Å². The summed E-state index contributed by atoms with van der Waals surface area (Å²) in [7, 11) is 0. The predicted molar refractivity (Wildman–Crippen MR) is 115 cm³/mol. The van der Waals surface area contributed by atoms with Gasteiger partial charge in [0, 0.05) is 25.2 Å². The molecule has 0 unspecified atom stereocenters. The Hall–Kier alpha value is -1.55. The van der Waals surface area contributed by atoms with Crippen LogP contribution in [0.3, 0.4) is 0 Å². The number of hydrogen-bond donors (Lipinski definition) is 2. The molecule has 0 aromatic heterocycles. The molecule has 0 atom stereocenters. The molecule has 0 aliphatic heterocycles. The fourth-order valence-corrected chi connectivity index (χ4v) is 4.18. The van der Waals surface area contributed by atoms with Crippen molar-refractivity contribution in [2.45, 2.75) is 45.2 Å². The average Bonchev–Trinajstić information content (AvgIpc) is 2.66. The van der Waals surface area contributed by atoms with Crippen LogP contribution in [0, 0.1) is 11.3 Å². The minimum atomic E-state index is 0.108. The normalized spacial score (nSPS) is 15.2. The zero-order chi connectivity index (χ0) is 19.2. The van der Waals surface area contributed by atoms with Gasteiger partial charge < -0.3 is 5.73 Å². The molecule has 1 saturated carbocycles. The third-order valence-corrected chi connectivity index (χ3v) is 6.04. The molecule has 0 amide bonds. The molecular formula is C22H27Cl2N3. The third-order valence-electron chi connectivity index (χ3n) is 5.30. The molecule has 3 nitrogen and oxygen atoms in total. The van der Waals surface area contributed by atoms with Crippen molar-refractivity contribution in [3.63, 3.8) is 0 Å². The van der Waals surface area contributed by atoms with E-state index in [1.165, 1.54) is 43.2 Å². The van der Waals surface area contributed by atoms with Gasteiger partial charge in [0.05, 0.1) is 10.0 Å². The largest absolute Gasteiger partial charge is 0.384 e. The van der Waals surface area contributed by atoms with Gasteiger partial charge in [0.1, 0.15) is 5.84 Å². The van der Waals surface area contributed by atoms with Crippen LogP contribution in [0.25, 0.3) is 0 Å². The number of benzene rings is 2. The molecule has 0 bridgehead atoms. The topological polar surface area (TPSA) is 53.1 Å². The Labute approximate surface area is 172 Å². The van der Waals surface area contributed by atoms with Gasteiger partial charge in [-0.1, -0.05) is 72.8 Å². The Morgan fingerprint density at radius 3 is 2.19 bits per heavy atom. The van der Waals surface area contributed by atoms with Crippen molar-refractivity contribution >= 4 is 29.0 Å². The zero-order valence-corrected chi connectivity index (χ0v) is 17.1. The molecule has 3 rings (SSSR count). The summed E-state index contributed by atoms with van der Waals surface area (Å²) in [5.41, 5.74) is 8.75. The summed E-state index contributed by atoms with van der Waals surface area (Å²) >= 11 is 12.3. The fourth-order valence-electron chi connectivity index (χ4n) is 3.86. The zero-order valence-electron chi connectivity index (χ0n) is 15.6. The van der Waals surface area contributed by atoms with Crippen molar-refractivity contribution in [2.24, 2.45) is 11.7 Å². The van der Waals surface area contributed by atoms with Gasteiger partial charge in [-0.05, 0) is 42.0 Å². The second-order valence-electron chi connectivity index (χ2n) is 7.53. The Morgan fingerprint density at radius 2 is 1.56 bits per heavy atom. The first-order valence-corrected chi connectivity index (χ1v) is 10.4. The first-order chi connectivity index (χ1) is 13.0. The molecule has 1 aliphatic rings. The second kappa shape index (κ2) is 9.59. The lowest BCUT2D eigenvalue weighted by atomic mass is 9.88. The first-order valence-electron chi connectivity index (χ1n) is 9.61. The van der Waals surface area contributed by atoms with E-state index in [0.717, 1.165) is 31.1 Å². The SMILES string of the molecule is N=C(N)c1ccc(CN(Cc2ccc(Cl)c(Cl)c2)CC2CCCCC2)cc1. The van der Waals surface area contributed by atoms with Crippen molar-refractivity contribution in [3.05, 3.63) is 69.2 Å². The van der Waals surface area contributed by atoms with Gasteiger partial charge in [0.25, 0.3) is 0 Å². The van der Waals surface area contributed by atoms with Gasteiger partial charge in [-0.3, -0.25) is 10.3 Å². The molecule has 0 radical (unpaired) electrons. The maximum atomic E-state index is 7.55. The number of halogens is 2. The summed E-state index contributed by atoms with van der Waals surface area (Å²) in [4.78, 5) is 2.50. The number of nitrogens with one attached hydrogen (secondary N) is 1. The molecule has 0 saturated heterocycles. The molecule has 1 aliphatic carbocycles. The fraction of sp³-hybridized carbons (Fsp3) is 0.409. The van der Waals surface area contributed by atoms with Crippen LogP contribution in [0.2, 0.25) is 10.0 Å². The molecule has 2 aromatic rings. The van der Waals surface area contributed by atoms with E-state index in [4.69, 9.17) is 34.3 Å². The Bertz CT molecular complexity index is 768. The van der Waals surface area contributed by atoms with Crippen molar-refractivity contribution in [2.75, 3.05) is 6.54 Å². The standard InChI is InChI=1S/C22H27Cl2N3/c23-20-11-8-18(12-21(20)24)15-27(13-16-4-2-1-3-5-16)14-17-6-9-19(10-7-17)22(25)26/h6-12,16H,1-5,13-15H2,(H3,25,26). The van der Waals surface area contributed by atoms with Crippen molar-refractivity contribution in [3.8, 4) is 0 Å². The number of hydrogen-bond acceptors (Lipinski definition) is 2. The summed E-state index contributed by atoms with van der Waals surface area (Å²) in [5, 5.41) is 8.75. The quantitative estimate of drug-likeness (QED) is 0.449. The highest BCUT2D eigenvalue weighted by Crippen LogP contribution is 2.27. The summed E-state index contributed by atoms with van der Waals surface area (Å²) < 4.78 is 0. The molecule has 3 N–H and O–H groups in total. The van der Waals surface area contributed by atoms with Crippen LogP contribution < -0.4 is 5.73 Å². The van der Waals surface area contributed by atoms with Crippen molar-refractivity contribution < 1.29 is 0 Å². The number of nitrogens with two attached hydrogens (primary N) is 1. The average molecular weight is 404 g/mol. The summed E-state index contributed by atoms with van der Waals surface area (Å²) in [5.74, 6) is 0.870. The van der Waals surface area contributed by atoms with Crippen LogP contribution in [0.1, 0.15) is 48.8 Å². The lowest BCUT2D eigenvalue weighted by Crippen LogP contribution is -2.30. The number of amidine groups is 1. The molecule has 2 aromatic carbocycles. The van der Waals surface area contributed by atoms with Crippen LogP contribution in [0.15, 0.2) is 42.5 Å². The minimum absolute atomic E-state index is 0.108. The maximum Gasteiger partial charge on any atom is 0.122 e. The smallest absolute Gasteiger partial charge is 0.122 e. The van der Waals surface area contributed by atoms with Crippen LogP contribution in [-0.2, 0) is 13.1 Å². The molecule has 27 heavy (non-hydrogen) atoms. The predicted octanol–water partition coefficient (Wildman–Crippen LogP) is 5.86. The molecular weight excluding hydrogens is 377 g/mol. The van der Waals surface area contributed by atoms with Crippen LogP contribution in [0.5, 0.6) is 0 Å². The lowest BCUT2D eigenvalue weighted by Gasteiger charge is -2.30. The second-order valence-corrected chi connectivity index (χ2v) is 8.35. The maximum absolute atomic E-state index is 7.55. The van der Waals surface area contributed by atoms with E-state index >= 15 is 0 Å². The third kappa shape index (κ3) is 5.97. The summed E-state index contributed by atoms with van der Waals surface area (Å²) in [6, 6.07) is 13.9. The van der Waals surface area contributed by atoms with E-state index in [2.05, 4.69) is 23.1 Å². The minimum Gasteiger partial charge on any atom is -0.384 e. The van der Waals surface area contributed by atoms with E-state index in [-0.39, 0.29) is 5.84 Å². The van der Waals surface area contributed by atoms with Crippen molar-refractivity contribution in [1.82, 2.24) is 4.90 Å². The Kier molecular flexibility index (Phi) is 7.17. The van der Waals surface area contributed by atoms with Crippen LogP contribution >= 0.6 is 23.2 Å². The molecule has 0 spiro atoms. The van der Waals surface area contributed by atoms with Gasteiger partial charge in [0.2, 0.25) is 0 Å². The monoisotopic (exact) mass is 403 g/mol. The highest BCUT2D eigenvalue weighted by Gasteiger charge is 2.18. The Balaban J connectivity index is 1.73. The van der Waals surface area contributed by atoms with Gasteiger partial charge in [0.15, 0.2) is 0 Å². The highest BCUT2D eigenvalue weighted by atomic mass is 35.5. The van der Waals surface area contributed by atoms with E-state index in [9.17, 15) is 0 Å². The Morgan fingerprint density at radius 1 is 0.926 bits per heavy atom. The van der Waals surface area contributed by atoms with Crippen molar-refractivity contribution in [1.29, 1.82) is 5.41 Å². The van der Waals surface area contributed by atoms with E-state index in [1.807, 2.05) is 24.3 Å². The highest BCUT2D eigenvalue weighted by molar-refractivity contribution is 6.42. The van der Waals surface area contributed by atoms with Gasteiger partial charge in [-0.2, -0.15) is 0 Å². The van der Waals surface area contributed by atoms with Gasteiger partial charge >= 0.3 is 0 Å². The first kappa shape index (κ1) is 20.2. The van der Waals surface area contributed by atoms with Gasteiger partial charge in [-0.15, -0.1) is 0 Å². The summed E-state index contributed by atoms with van der Waals surface area (Å²) in [6.45, 7) is 2.81. The molecule has 144 valence electrons. The summed E-state index contributed by atoms with van der Waals surface area (Å²) in [6.07, 6.45) is 6.70. The molecule has 5 heteroatoms. The van der Waals surface area contributed by atoms with Crippen LogP contribution in [0.4, 0.5) is 0 Å². The van der Waals surface area contributed by atoms with E-state index < -0.39 is 0 Å². The lowest BCUT2D eigenvalue weighted by molar-refractivity contribution is 0.187. The number of nitrogen functional groups attached to an aromatic ring is 1. The number of rotatable bonds is 7. The molecule has 0 heterocycles. The van der Waals surface area contributed by atoms with E-state index in [0.29, 0.717) is 10.0 Å². The number of nitrogens with zero attached hydrogens (tertiary/aromatic N) is 1. The van der Waals surface area contributed by atoms with Gasteiger partial charge in [-0.25, -0.2) is 0 Å². The molecule has 1 fully saturated rings.